The van der Waals surface area contributed by atoms with Gasteiger partial charge in [0.15, 0.2) is 0 Å². The van der Waals surface area contributed by atoms with E-state index in [4.69, 9.17) is 4.74 Å². The Hall–Kier alpha value is -3.55. The minimum atomic E-state index is -0.375. The number of pyridine rings is 1. The van der Waals surface area contributed by atoms with Gasteiger partial charge in [-0.3, -0.25) is 4.79 Å². The van der Waals surface area contributed by atoms with Crippen molar-refractivity contribution in [2.75, 3.05) is 11.9 Å². The van der Waals surface area contributed by atoms with Crippen LogP contribution in [0, 0.1) is 5.82 Å². The number of aromatic nitrogens is 3. The molecule has 0 atom stereocenters. The van der Waals surface area contributed by atoms with Crippen LogP contribution in [0.4, 0.5) is 10.3 Å². The molecule has 0 bridgehead atoms. The molecule has 0 spiro atoms. The minimum Gasteiger partial charge on any atom is -0.439 e. The Bertz CT molecular complexity index is 875. The third-order valence-corrected chi connectivity index (χ3v) is 3.51. The van der Waals surface area contributed by atoms with Crippen molar-refractivity contribution in [2.24, 2.45) is 0 Å². The van der Waals surface area contributed by atoms with Crippen molar-refractivity contribution in [1.29, 1.82) is 0 Å². The van der Waals surface area contributed by atoms with E-state index in [0.29, 0.717) is 37.1 Å². The fourth-order valence-electron chi connectivity index (χ4n) is 2.19. The predicted octanol–water partition coefficient (Wildman–Crippen LogP) is 2.92. The van der Waals surface area contributed by atoms with Crippen LogP contribution < -0.4 is 15.4 Å². The molecule has 0 radical (unpaired) electrons. The molecule has 0 saturated heterocycles. The normalized spacial score (nSPS) is 10.3. The van der Waals surface area contributed by atoms with Crippen LogP contribution in [0.25, 0.3) is 0 Å². The van der Waals surface area contributed by atoms with Gasteiger partial charge in [-0.15, -0.1) is 0 Å². The first-order valence-electron chi connectivity index (χ1n) is 8.35. The molecule has 3 aromatic rings. The summed E-state index contributed by atoms with van der Waals surface area (Å²) in [6.07, 6.45) is 5.16. The summed E-state index contributed by atoms with van der Waals surface area (Å²) in [6, 6.07) is 11.0. The summed E-state index contributed by atoms with van der Waals surface area (Å²) >= 11 is 0. The number of nitrogens with one attached hydrogen (secondary N) is 2. The Balaban J connectivity index is 1.41. The van der Waals surface area contributed by atoms with Crippen LogP contribution >= 0.6 is 0 Å². The van der Waals surface area contributed by atoms with Gasteiger partial charge < -0.3 is 15.4 Å². The van der Waals surface area contributed by atoms with Crippen LogP contribution in [-0.2, 0) is 11.3 Å². The quantitative estimate of drug-likeness (QED) is 0.636. The zero-order valence-electron chi connectivity index (χ0n) is 14.4. The Morgan fingerprint density at radius 2 is 1.93 bits per heavy atom. The van der Waals surface area contributed by atoms with Gasteiger partial charge in [-0.05, 0) is 23.8 Å². The Morgan fingerprint density at radius 1 is 1.07 bits per heavy atom. The number of nitrogens with zero attached hydrogens (tertiary/aromatic N) is 3. The first-order valence-corrected chi connectivity index (χ1v) is 8.35. The van der Waals surface area contributed by atoms with E-state index in [-0.39, 0.29) is 11.7 Å². The monoisotopic (exact) mass is 367 g/mol. The van der Waals surface area contributed by atoms with Gasteiger partial charge in [-0.1, -0.05) is 12.1 Å². The van der Waals surface area contributed by atoms with Gasteiger partial charge in [0.2, 0.25) is 17.7 Å². The fraction of sp³-hybridized carbons (Fsp3) is 0.158. The second-order valence-corrected chi connectivity index (χ2v) is 5.59. The molecule has 27 heavy (non-hydrogen) atoms. The number of halogens is 1. The summed E-state index contributed by atoms with van der Waals surface area (Å²) < 4.78 is 18.6. The molecule has 3 rings (SSSR count). The Morgan fingerprint density at radius 3 is 2.67 bits per heavy atom. The lowest BCUT2D eigenvalue weighted by atomic mass is 10.2. The maximum absolute atomic E-state index is 13.1. The van der Waals surface area contributed by atoms with Crippen LogP contribution in [0.1, 0.15) is 12.0 Å². The lowest BCUT2D eigenvalue weighted by Gasteiger charge is -2.08. The lowest BCUT2D eigenvalue weighted by Crippen LogP contribution is -2.25. The number of hydrogen-bond acceptors (Lipinski definition) is 6. The van der Waals surface area contributed by atoms with E-state index in [0.717, 1.165) is 5.56 Å². The molecule has 8 heteroatoms. The van der Waals surface area contributed by atoms with Crippen molar-refractivity contribution in [2.45, 2.75) is 13.0 Å². The molecule has 0 fully saturated rings. The second-order valence-electron chi connectivity index (χ2n) is 5.59. The highest BCUT2D eigenvalue weighted by atomic mass is 19.1. The molecule has 2 N–H and O–H groups in total. The fourth-order valence-corrected chi connectivity index (χ4v) is 2.19. The lowest BCUT2D eigenvalue weighted by molar-refractivity contribution is -0.121. The highest BCUT2D eigenvalue weighted by Gasteiger charge is 2.04. The molecule has 2 aromatic heterocycles. The second kappa shape index (κ2) is 9.23. The number of rotatable bonds is 8. The van der Waals surface area contributed by atoms with E-state index >= 15 is 0 Å². The number of benzene rings is 1. The summed E-state index contributed by atoms with van der Waals surface area (Å²) in [4.78, 5) is 24.1. The number of carbonyl (C=O) groups is 1. The number of ether oxygens (including phenoxy) is 1. The summed E-state index contributed by atoms with van der Waals surface area (Å²) in [5.74, 6) is 0.739. The molecule has 0 unspecified atom stereocenters. The average Bonchev–Trinajstić information content (AvgIpc) is 2.68. The van der Waals surface area contributed by atoms with E-state index in [1.807, 2.05) is 0 Å². The van der Waals surface area contributed by atoms with E-state index in [1.54, 1.807) is 48.9 Å². The molecular formula is C19H18FN5O2. The average molecular weight is 367 g/mol. The Labute approximate surface area is 155 Å². The SMILES string of the molecule is O=C(CCNc1ncccn1)NCc1ccc(Oc2cccc(F)c2)nc1. The van der Waals surface area contributed by atoms with Crippen LogP contribution in [-0.4, -0.2) is 27.4 Å². The van der Waals surface area contributed by atoms with Crippen molar-refractivity contribution < 1.29 is 13.9 Å². The van der Waals surface area contributed by atoms with Crippen molar-refractivity contribution in [3.8, 4) is 11.6 Å². The molecule has 0 aliphatic carbocycles. The van der Waals surface area contributed by atoms with Gasteiger partial charge in [-0.2, -0.15) is 0 Å². The van der Waals surface area contributed by atoms with Gasteiger partial charge in [0.25, 0.3) is 0 Å². The molecule has 0 saturated carbocycles. The third kappa shape index (κ3) is 6.03. The van der Waals surface area contributed by atoms with Crippen molar-refractivity contribution >= 4 is 11.9 Å². The zero-order valence-corrected chi connectivity index (χ0v) is 14.4. The smallest absolute Gasteiger partial charge is 0.222 e. The summed E-state index contributed by atoms with van der Waals surface area (Å²) in [5, 5.41) is 5.78. The third-order valence-electron chi connectivity index (χ3n) is 3.51. The molecule has 0 aliphatic rings. The first kappa shape index (κ1) is 18.2. The van der Waals surface area contributed by atoms with E-state index < -0.39 is 0 Å². The van der Waals surface area contributed by atoms with Gasteiger partial charge in [-0.25, -0.2) is 19.3 Å². The molecule has 1 amide bonds. The van der Waals surface area contributed by atoms with Gasteiger partial charge in [0.1, 0.15) is 11.6 Å². The maximum Gasteiger partial charge on any atom is 0.222 e. The van der Waals surface area contributed by atoms with Crippen LogP contribution in [0.15, 0.2) is 61.1 Å². The van der Waals surface area contributed by atoms with Crippen LogP contribution in [0.3, 0.4) is 0 Å². The summed E-state index contributed by atoms with van der Waals surface area (Å²) in [6.45, 7) is 0.794. The van der Waals surface area contributed by atoms with Gasteiger partial charge in [0, 0.05) is 50.2 Å². The summed E-state index contributed by atoms with van der Waals surface area (Å²) in [5.41, 5.74) is 0.828. The topological polar surface area (TPSA) is 89.0 Å². The maximum atomic E-state index is 13.1. The number of anilines is 1. The molecule has 138 valence electrons. The highest BCUT2D eigenvalue weighted by Crippen LogP contribution is 2.19. The molecule has 2 heterocycles. The standard InChI is InChI=1S/C19H18FN5O2/c20-15-3-1-4-16(11-15)27-18-6-5-14(13-25-18)12-24-17(26)7-10-23-19-21-8-2-9-22-19/h1-6,8-9,11,13H,7,10,12H2,(H,24,26)(H,21,22,23). The van der Waals surface area contributed by atoms with Gasteiger partial charge >= 0.3 is 0 Å². The predicted molar refractivity (Wildman–Crippen MR) is 97.7 cm³/mol. The number of amides is 1. The molecule has 7 nitrogen and oxygen atoms in total. The largest absolute Gasteiger partial charge is 0.439 e. The first-order chi connectivity index (χ1) is 13.2. The highest BCUT2D eigenvalue weighted by molar-refractivity contribution is 5.76. The zero-order chi connectivity index (χ0) is 18.9. The van der Waals surface area contributed by atoms with Crippen LogP contribution in [0.5, 0.6) is 11.6 Å². The minimum absolute atomic E-state index is 0.0986. The number of hydrogen-bond donors (Lipinski definition) is 2. The van der Waals surface area contributed by atoms with E-state index in [1.165, 1.54) is 12.1 Å². The van der Waals surface area contributed by atoms with Crippen molar-refractivity contribution in [3.63, 3.8) is 0 Å². The molecule has 0 aliphatic heterocycles. The number of carbonyl (C=O) groups excluding carboxylic acids is 1. The van der Waals surface area contributed by atoms with Gasteiger partial charge in [0.05, 0.1) is 0 Å². The molecule has 1 aromatic carbocycles. The Kier molecular flexibility index (Phi) is 6.24. The summed E-state index contributed by atoms with van der Waals surface area (Å²) in [7, 11) is 0. The van der Waals surface area contributed by atoms with E-state index in [9.17, 15) is 9.18 Å². The van der Waals surface area contributed by atoms with Crippen LogP contribution in [0.2, 0.25) is 0 Å². The van der Waals surface area contributed by atoms with Crippen molar-refractivity contribution in [1.82, 2.24) is 20.3 Å². The molecular weight excluding hydrogens is 349 g/mol. The van der Waals surface area contributed by atoms with E-state index in [2.05, 4.69) is 25.6 Å². The van der Waals surface area contributed by atoms with Crippen molar-refractivity contribution in [3.05, 3.63) is 72.4 Å².